The molecule has 0 aromatic heterocycles. The number of halogens is 1. The number of nitrogens with zero attached hydrogens (tertiary/aromatic N) is 1. The van der Waals surface area contributed by atoms with Gasteiger partial charge in [0.2, 0.25) is 0 Å². The van der Waals surface area contributed by atoms with Crippen molar-refractivity contribution >= 4 is 27.4 Å². The zero-order valence-corrected chi connectivity index (χ0v) is 17.3. The molecule has 0 aliphatic carbocycles. The Kier molecular flexibility index (Phi) is 8.13. The van der Waals surface area contributed by atoms with Crippen LogP contribution in [-0.4, -0.2) is 40.3 Å². The summed E-state index contributed by atoms with van der Waals surface area (Å²) in [5, 5.41) is 7.29. The quantitative estimate of drug-likeness (QED) is 0.521. The van der Waals surface area contributed by atoms with E-state index < -0.39 is 9.84 Å². The molecule has 0 bridgehead atoms. The lowest BCUT2D eigenvalue weighted by molar-refractivity contribution is 0.602. The number of sulfone groups is 1. The largest absolute Gasteiger partial charge is 0.357 e. The molecule has 2 rings (SSSR count). The first-order valence-corrected chi connectivity index (χ1v) is 11.2. The third kappa shape index (κ3) is 7.23. The first-order chi connectivity index (χ1) is 12.9. The van der Waals surface area contributed by atoms with E-state index in [1.54, 1.807) is 12.1 Å². The van der Waals surface area contributed by atoms with Crippen molar-refractivity contribution < 1.29 is 8.42 Å². The van der Waals surface area contributed by atoms with Crippen LogP contribution in [-0.2, 0) is 22.7 Å². The van der Waals surface area contributed by atoms with Crippen LogP contribution in [0.2, 0.25) is 5.02 Å². The van der Waals surface area contributed by atoms with Crippen LogP contribution in [0.1, 0.15) is 18.1 Å². The summed E-state index contributed by atoms with van der Waals surface area (Å²) in [6.07, 6.45) is 2.77. The average molecular weight is 408 g/mol. The molecule has 0 fully saturated rings. The third-order valence-electron chi connectivity index (χ3n) is 4.01. The third-order valence-corrected chi connectivity index (χ3v) is 5.51. The van der Waals surface area contributed by atoms with Crippen molar-refractivity contribution in [3.05, 3.63) is 64.7 Å². The Morgan fingerprint density at radius 3 is 2.37 bits per heavy atom. The smallest absolute Gasteiger partial charge is 0.191 e. The van der Waals surface area contributed by atoms with Crippen molar-refractivity contribution in [1.29, 1.82) is 0 Å². The van der Waals surface area contributed by atoms with Gasteiger partial charge in [0, 0.05) is 30.9 Å². The molecule has 0 atom stereocenters. The van der Waals surface area contributed by atoms with Crippen LogP contribution in [0.3, 0.4) is 0 Å². The Hall–Kier alpha value is -2.05. The summed E-state index contributed by atoms with van der Waals surface area (Å²) in [7, 11) is -3.15. The van der Waals surface area contributed by atoms with Crippen molar-refractivity contribution in [2.45, 2.75) is 24.7 Å². The minimum absolute atomic E-state index is 0.341. The fourth-order valence-corrected chi connectivity index (χ4v) is 3.42. The van der Waals surface area contributed by atoms with Crippen LogP contribution >= 0.6 is 11.6 Å². The van der Waals surface area contributed by atoms with Crippen molar-refractivity contribution in [3.63, 3.8) is 0 Å². The molecule has 5 nitrogen and oxygen atoms in total. The first-order valence-electron chi connectivity index (χ1n) is 8.94. The second-order valence-electron chi connectivity index (χ2n) is 6.19. The Morgan fingerprint density at radius 1 is 1.04 bits per heavy atom. The maximum Gasteiger partial charge on any atom is 0.191 e. The van der Waals surface area contributed by atoms with E-state index in [0.717, 1.165) is 41.5 Å². The van der Waals surface area contributed by atoms with E-state index in [4.69, 9.17) is 11.6 Å². The van der Waals surface area contributed by atoms with E-state index in [9.17, 15) is 8.42 Å². The van der Waals surface area contributed by atoms with Gasteiger partial charge in [0.25, 0.3) is 0 Å². The summed E-state index contributed by atoms with van der Waals surface area (Å²) in [5.74, 6) is 0.761. The number of benzene rings is 2. The van der Waals surface area contributed by atoms with Gasteiger partial charge in [0.1, 0.15) is 0 Å². The SMILES string of the molecule is CCNC(=NCCc1ccccc1Cl)NCCc1ccc(S(C)(=O)=O)cc1. The maximum absolute atomic E-state index is 11.5. The van der Waals surface area contributed by atoms with Gasteiger partial charge < -0.3 is 10.6 Å². The number of nitrogens with one attached hydrogen (secondary N) is 2. The van der Waals surface area contributed by atoms with Gasteiger partial charge in [-0.15, -0.1) is 0 Å². The molecule has 0 radical (unpaired) electrons. The topological polar surface area (TPSA) is 70.6 Å². The van der Waals surface area contributed by atoms with Crippen molar-refractivity contribution in [3.8, 4) is 0 Å². The lowest BCUT2D eigenvalue weighted by Crippen LogP contribution is -2.38. The van der Waals surface area contributed by atoms with Crippen molar-refractivity contribution in [2.75, 3.05) is 25.9 Å². The standard InChI is InChI=1S/C20H26ClN3O2S/c1-3-22-20(24-15-13-17-6-4-5-7-19(17)21)23-14-12-16-8-10-18(11-9-16)27(2,25)26/h4-11H,3,12-15H2,1-2H3,(H2,22,23,24). The molecule has 2 aromatic carbocycles. The highest BCUT2D eigenvalue weighted by Gasteiger charge is 2.06. The van der Waals surface area contributed by atoms with E-state index in [1.807, 2.05) is 43.3 Å². The molecule has 0 spiro atoms. The van der Waals surface area contributed by atoms with Gasteiger partial charge in [0.15, 0.2) is 15.8 Å². The summed E-state index contributed by atoms with van der Waals surface area (Å²) in [6, 6.07) is 14.8. The van der Waals surface area contributed by atoms with Crippen LogP contribution in [0.4, 0.5) is 0 Å². The van der Waals surface area contributed by atoms with Gasteiger partial charge in [-0.1, -0.05) is 41.9 Å². The van der Waals surface area contributed by atoms with Gasteiger partial charge in [-0.25, -0.2) is 8.42 Å². The van der Waals surface area contributed by atoms with Crippen LogP contribution in [0, 0.1) is 0 Å². The predicted octanol–water partition coefficient (Wildman–Crippen LogP) is 3.08. The second kappa shape index (κ2) is 10.3. The normalized spacial score (nSPS) is 12.0. The summed E-state index contributed by atoms with van der Waals surface area (Å²) in [6.45, 7) is 4.15. The molecule has 2 N–H and O–H groups in total. The van der Waals surface area contributed by atoms with E-state index in [2.05, 4.69) is 15.6 Å². The molecule has 0 unspecified atom stereocenters. The Morgan fingerprint density at radius 2 is 1.74 bits per heavy atom. The Labute approximate surface area is 166 Å². The van der Waals surface area contributed by atoms with E-state index in [0.29, 0.717) is 18.0 Å². The molecule has 0 aliphatic rings. The summed E-state index contributed by atoms with van der Waals surface area (Å²) >= 11 is 6.17. The predicted molar refractivity (Wildman–Crippen MR) is 112 cm³/mol. The highest BCUT2D eigenvalue weighted by molar-refractivity contribution is 7.90. The van der Waals surface area contributed by atoms with Crippen molar-refractivity contribution in [1.82, 2.24) is 10.6 Å². The molecular formula is C20H26ClN3O2S. The van der Waals surface area contributed by atoms with Crippen LogP contribution < -0.4 is 10.6 Å². The maximum atomic E-state index is 11.5. The summed E-state index contributed by atoms with van der Waals surface area (Å²) in [5.41, 5.74) is 2.16. The molecule has 0 heterocycles. The number of hydrogen-bond donors (Lipinski definition) is 2. The lowest BCUT2D eigenvalue weighted by Gasteiger charge is -2.11. The fourth-order valence-electron chi connectivity index (χ4n) is 2.56. The average Bonchev–Trinajstić information content (AvgIpc) is 2.63. The molecule has 7 heteroatoms. The molecule has 2 aromatic rings. The number of guanidine groups is 1. The molecular weight excluding hydrogens is 382 g/mol. The molecule has 146 valence electrons. The lowest BCUT2D eigenvalue weighted by atomic mass is 10.1. The monoisotopic (exact) mass is 407 g/mol. The molecule has 0 aliphatic heterocycles. The highest BCUT2D eigenvalue weighted by atomic mass is 35.5. The molecule has 0 amide bonds. The number of aliphatic imine (C=N–C) groups is 1. The van der Waals surface area contributed by atoms with E-state index in [1.165, 1.54) is 6.26 Å². The van der Waals surface area contributed by atoms with Crippen LogP contribution in [0.15, 0.2) is 58.4 Å². The van der Waals surface area contributed by atoms with Crippen LogP contribution in [0.5, 0.6) is 0 Å². The minimum Gasteiger partial charge on any atom is -0.357 e. The number of rotatable bonds is 8. The fraction of sp³-hybridized carbons (Fsp3) is 0.350. The number of hydrogen-bond acceptors (Lipinski definition) is 3. The molecule has 0 saturated heterocycles. The zero-order valence-electron chi connectivity index (χ0n) is 15.7. The van der Waals surface area contributed by atoms with Gasteiger partial charge in [-0.05, 0) is 49.1 Å². The van der Waals surface area contributed by atoms with E-state index >= 15 is 0 Å². The summed E-state index contributed by atoms with van der Waals surface area (Å²) < 4.78 is 23.0. The zero-order chi connectivity index (χ0) is 19.7. The molecule has 27 heavy (non-hydrogen) atoms. The summed E-state index contributed by atoms with van der Waals surface area (Å²) in [4.78, 5) is 4.93. The molecule has 0 saturated carbocycles. The van der Waals surface area contributed by atoms with Crippen LogP contribution in [0.25, 0.3) is 0 Å². The Balaban J connectivity index is 1.85. The van der Waals surface area contributed by atoms with Gasteiger partial charge in [-0.2, -0.15) is 0 Å². The second-order valence-corrected chi connectivity index (χ2v) is 8.62. The van der Waals surface area contributed by atoms with Gasteiger partial charge in [-0.3, -0.25) is 4.99 Å². The van der Waals surface area contributed by atoms with Crippen molar-refractivity contribution in [2.24, 2.45) is 4.99 Å². The van der Waals surface area contributed by atoms with Gasteiger partial charge >= 0.3 is 0 Å². The van der Waals surface area contributed by atoms with E-state index in [-0.39, 0.29) is 0 Å². The first kappa shape index (κ1) is 21.3. The highest BCUT2D eigenvalue weighted by Crippen LogP contribution is 2.15. The van der Waals surface area contributed by atoms with Gasteiger partial charge in [0.05, 0.1) is 4.90 Å². The Bertz CT molecular complexity index is 865. The minimum atomic E-state index is -3.15.